The lowest BCUT2D eigenvalue weighted by Gasteiger charge is -2.39. The van der Waals surface area contributed by atoms with Crippen molar-refractivity contribution in [1.29, 1.82) is 5.26 Å². The number of carboxylic acids is 1. The Morgan fingerprint density at radius 3 is 2.26 bits per heavy atom. The molecule has 0 fully saturated rings. The zero-order valence-electron chi connectivity index (χ0n) is 18.9. The Balaban J connectivity index is 1.92. The van der Waals surface area contributed by atoms with Gasteiger partial charge < -0.3 is 15.2 Å². The number of carboxylic acid groups (broad SMARTS) is 1. The summed E-state index contributed by atoms with van der Waals surface area (Å²) in [4.78, 5) is 12.4. The third kappa shape index (κ3) is 5.69. The molecule has 1 atom stereocenters. The van der Waals surface area contributed by atoms with Gasteiger partial charge in [-0.05, 0) is 54.4 Å². The van der Waals surface area contributed by atoms with Gasteiger partial charge in [0.05, 0.1) is 16.3 Å². The first-order valence-electron chi connectivity index (χ1n) is 10.5. The molecular weight excluding hydrogens is 481 g/mol. The van der Waals surface area contributed by atoms with E-state index in [1.807, 2.05) is 24.3 Å². The van der Waals surface area contributed by atoms with Gasteiger partial charge in [-0.2, -0.15) is 18.4 Å². The average Bonchev–Trinajstić information content (AvgIpc) is 2.78. The Bertz CT molecular complexity index is 1260. The van der Waals surface area contributed by atoms with E-state index in [1.165, 1.54) is 0 Å². The maximum Gasteiger partial charge on any atom is 0.416 e. The molecule has 0 saturated carbocycles. The molecule has 35 heavy (non-hydrogen) atoms. The number of rotatable bonds is 8. The number of hydrogen-bond acceptors (Lipinski definition) is 4. The number of alkyl halides is 3. The smallest absolute Gasteiger partial charge is 0.416 e. The van der Waals surface area contributed by atoms with Crippen LogP contribution in [0.4, 0.5) is 18.9 Å². The van der Waals surface area contributed by atoms with Crippen molar-refractivity contribution < 1.29 is 27.8 Å². The molecule has 0 amide bonds. The molecular formula is C26H22ClF3N2O3. The second-order valence-corrected chi connectivity index (χ2v) is 9.01. The van der Waals surface area contributed by atoms with Crippen molar-refractivity contribution in [3.05, 3.63) is 88.9 Å². The second-order valence-electron chi connectivity index (χ2n) is 8.61. The zero-order valence-corrected chi connectivity index (χ0v) is 19.6. The number of hydrogen-bond donors (Lipinski definition) is 2. The van der Waals surface area contributed by atoms with Crippen molar-refractivity contribution in [2.75, 3.05) is 5.32 Å². The second kappa shape index (κ2) is 9.88. The number of nitrogens with zero attached hydrogens (tertiary/aromatic N) is 1. The number of nitriles is 1. The fraction of sp³-hybridized carbons (Fsp3) is 0.231. The van der Waals surface area contributed by atoms with Crippen LogP contribution in [0, 0.1) is 16.7 Å². The predicted octanol–water partition coefficient (Wildman–Crippen LogP) is 7.18. The number of nitrogens with one attached hydrogen (secondary N) is 1. The first kappa shape index (κ1) is 25.9. The van der Waals surface area contributed by atoms with E-state index in [2.05, 4.69) is 5.32 Å². The fourth-order valence-corrected chi connectivity index (χ4v) is 3.95. The largest absolute Gasteiger partial charge is 0.479 e. The Morgan fingerprint density at radius 2 is 1.69 bits per heavy atom. The minimum absolute atomic E-state index is 0.0992. The monoisotopic (exact) mass is 502 g/mol. The summed E-state index contributed by atoms with van der Waals surface area (Å²) in [6.45, 7) is 3.17. The summed E-state index contributed by atoms with van der Waals surface area (Å²) in [6.07, 6.45) is -4.49. The predicted molar refractivity (Wildman–Crippen MR) is 126 cm³/mol. The Hall–Kier alpha value is -3.70. The molecule has 9 heteroatoms. The molecule has 0 aliphatic carbocycles. The van der Waals surface area contributed by atoms with Crippen molar-refractivity contribution >= 4 is 23.3 Å². The van der Waals surface area contributed by atoms with Crippen molar-refractivity contribution in [1.82, 2.24) is 0 Å². The minimum Gasteiger partial charge on any atom is -0.479 e. The molecule has 182 valence electrons. The van der Waals surface area contributed by atoms with Crippen molar-refractivity contribution in [3.8, 4) is 17.6 Å². The van der Waals surface area contributed by atoms with Gasteiger partial charge >= 0.3 is 12.1 Å². The normalized spacial score (nSPS) is 13.4. The van der Waals surface area contributed by atoms with Crippen molar-refractivity contribution in [3.63, 3.8) is 0 Å². The van der Waals surface area contributed by atoms with Crippen LogP contribution in [0.2, 0.25) is 5.02 Å². The number of benzene rings is 3. The van der Waals surface area contributed by atoms with Crippen LogP contribution in [0.25, 0.3) is 0 Å². The maximum atomic E-state index is 13.0. The van der Waals surface area contributed by atoms with Gasteiger partial charge in [0.1, 0.15) is 17.6 Å². The van der Waals surface area contributed by atoms with Crippen LogP contribution in [0.5, 0.6) is 11.5 Å². The molecule has 3 rings (SSSR count). The van der Waals surface area contributed by atoms with Gasteiger partial charge in [-0.15, -0.1) is 0 Å². The van der Waals surface area contributed by atoms with Gasteiger partial charge in [0, 0.05) is 5.41 Å². The van der Waals surface area contributed by atoms with Crippen LogP contribution in [0.1, 0.15) is 25.0 Å². The van der Waals surface area contributed by atoms with E-state index in [0.29, 0.717) is 23.1 Å². The van der Waals surface area contributed by atoms with E-state index < -0.39 is 28.7 Å². The number of aliphatic carboxylic acids is 1. The minimum atomic E-state index is -4.62. The summed E-state index contributed by atoms with van der Waals surface area (Å²) in [7, 11) is 0. The van der Waals surface area contributed by atoms with E-state index in [1.54, 1.807) is 50.2 Å². The molecule has 3 aromatic rings. The lowest BCUT2D eigenvalue weighted by molar-refractivity contribution is -0.144. The Kier molecular flexibility index (Phi) is 7.32. The van der Waals surface area contributed by atoms with Crippen LogP contribution in [0.3, 0.4) is 0 Å². The highest BCUT2D eigenvalue weighted by atomic mass is 35.5. The number of anilines is 1. The molecule has 0 aliphatic heterocycles. The third-order valence-corrected chi connectivity index (χ3v) is 5.96. The number of para-hydroxylation sites is 1. The lowest BCUT2D eigenvalue weighted by Crippen LogP contribution is -2.57. The first-order chi connectivity index (χ1) is 16.4. The SMILES string of the molecule is CC(C)(Cc1cccc(Oc2ccccc2)c1)C(C#N)(Nc1ccc(C(F)(F)F)cc1Cl)C(=O)O. The quantitative estimate of drug-likeness (QED) is 0.341. The molecule has 0 radical (unpaired) electrons. The van der Waals surface area contributed by atoms with Crippen molar-refractivity contribution in [2.45, 2.75) is 32.0 Å². The summed E-state index contributed by atoms with van der Waals surface area (Å²) >= 11 is 6.03. The lowest BCUT2D eigenvalue weighted by atomic mass is 9.69. The molecule has 0 spiro atoms. The number of ether oxygens (including phenoxy) is 1. The summed E-state index contributed by atoms with van der Waals surface area (Å²) < 4.78 is 44.8. The molecule has 0 aromatic heterocycles. The topological polar surface area (TPSA) is 82.3 Å². The van der Waals surface area contributed by atoms with E-state index >= 15 is 0 Å². The standard InChI is InChI=1S/C26H22ClF3N2O3/c1-24(2,15-17-7-6-10-20(13-17)35-19-8-4-3-5-9-19)25(16-31,23(33)34)32-22-12-11-18(14-21(22)27)26(28,29)30/h3-14,32H,15H2,1-2H3,(H,33,34). The Morgan fingerprint density at radius 1 is 1.03 bits per heavy atom. The van der Waals surface area contributed by atoms with Gasteiger partial charge in [0.2, 0.25) is 5.54 Å². The highest BCUT2D eigenvalue weighted by molar-refractivity contribution is 6.33. The van der Waals surface area contributed by atoms with Crippen molar-refractivity contribution in [2.24, 2.45) is 5.41 Å². The molecule has 0 saturated heterocycles. The fourth-order valence-electron chi connectivity index (χ4n) is 3.72. The number of carbonyl (C=O) groups is 1. The molecule has 1 unspecified atom stereocenters. The van der Waals surface area contributed by atoms with Crippen LogP contribution >= 0.6 is 11.6 Å². The summed E-state index contributed by atoms with van der Waals surface area (Å²) in [5.41, 5.74) is -3.85. The molecule has 5 nitrogen and oxygen atoms in total. The highest BCUT2D eigenvalue weighted by Gasteiger charge is 2.53. The Labute approximate surface area is 205 Å². The average molecular weight is 503 g/mol. The van der Waals surface area contributed by atoms with Gasteiger partial charge in [0.15, 0.2) is 0 Å². The molecule has 0 bridgehead atoms. The van der Waals surface area contributed by atoms with Crippen LogP contribution in [-0.4, -0.2) is 16.6 Å². The van der Waals surface area contributed by atoms with Gasteiger partial charge in [-0.3, -0.25) is 0 Å². The van der Waals surface area contributed by atoms with E-state index in [9.17, 15) is 28.3 Å². The van der Waals surface area contributed by atoms with E-state index in [0.717, 1.165) is 12.1 Å². The molecule has 3 aromatic carbocycles. The van der Waals surface area contributed by atoms with E-state index in [4.69, 9.17) is 16.3 Å². The molecule has 2 N–H and O–H groups in total. The molecule has 0 aliphatic rings. The summed E-state index contributed by atoms with van der Waals surface area (Å²) in [5, 5.41) is 22.4. The third-order valence-electron chi connectivity index (χ3n) is 5.65. The highest BCUT2D eigenvalue weighted by Crippen LogP contribution is 2.41. The molecule has 0 heterocycles. The van der Waals surface area contributed by atoms with Crippen LogP contribution in [0.15, 0.2) is 72.8 Å². The van der Waals surface area contributed by atoms with E-state index in [-0.39, 0.29) is 17.1 Å². The first-order valence-corrected chi connectivity index (χ1v) is 10.9. The van der Waals surface area contributed by atoms with Crippen LogP contribution < -0.4 is 10.1 Å². The maximum absolute atomic E-state index is 13.0. The van der Waals surface area contributed by atoms with Gasteiger partial charge in [0.25, 0.3) is 0 Å². The van der Waals surface area contributed by atoms with Gasteiger partial charge in [-0.1, -0.05) is 55.8 Å². The summed E-state index contributed by atoms with van der Waals surface area (Å²) in [5.74, 6) is -0.335. The van der Waals surface area contributed by atoms with Crippen LogP contribution in [-0.2, 0) is 17.4 Å². The number of halogens is 4. The van der Waals surface area contributed by atoms with Gasteiger partial charge in [-0.25, -0.2) is 4.79 Å². The zero-order chi connectivity index (χ0) is 25.9. The summed E-state index contributed by atoms with van der Waals surface area (Å²) in [6, 6.07) is 20.4.